The Hall–Kier alpha value is -3.57. The summed E-state index contributed by atoms with van der Waals surface area (Å²) in [4.78, 5) is 30.7. The first-order valence-corrected chi connectivity index (χ1v) is 13.4. The van der Waals surface area contributed by atoms with E-state index >= 15 is 0 Å². The van der Waals surface area contributed by atoms with Crippen molar-refractivity contribution in [2.45, 2.75) is 26.2 Å². The normalized spacial score (nSPS) is 11.7. The van der Waals surface area contributed by atoms with Crippen molar-refractivity contribution in [2.24, 2.45) is 5.10 Å². The lowest BCUT2D eigenvalue weighted by molar-refractivity contribution is -0.118. The average Bonchev–Trinajstić information content (AvgIpc) is 2.86. The maximum Gasteiger partial charge on any atom is 0.282 e. The number of carbonyl (C=O) groups excluding carboxylic acids is 1. The van der Waals surface area contributed by atoms with Crippen LogP contribution in [-0.2, 0) is 10.2 Å². The number of fused-ring (bicyclic) bond motifs is 1. The van der Waals surface area contributed by atoms with Crippen LogP contribution >= 0.6 is 31.9 Å². The van der Waals surface area contributed by atoms with Crippen molar-refractivity contribution in [1.82, 2.24) is 9.66 Å². The number of carbonyl (C=O) groups is 1. The Morgan fingerprint density at radius 3 is 2.59 bits per heavy atom. The molecule has 0 aliphatic heterocycles. The van der Waals surface area contributed by atoms with Crippen LogP contribution in [0.3, 0.4) is 0 Å². The maximum atomic E-state index is 13.5. The van der Waals surface area contributed by atoms with Gasteiger partial charge in [0.05, 0.1) is 24.2 Å². The minimum atomic E-state index is -0.499. The molecule has 1 amide bonds. The number of halogens is 3. The van der Waals surface area contributed by atoms with Gasteiger partial charge in [0, 0.05) is 25.6 Å². The number of hydrogen-bond donors (Lipinski definition) is 1. The molecule has 4 rings (SSSR count). The number of anilines is 1. The van der Waals surface area contributed by atoms with Crippen molar-refractivity contribution in [2.75, 3.05) is 19.0 Å². The summed E-state index contributed by atoms with van der Waals surface area (Å²) < 4.78 is 27.5. The van der Waals surface area contributed by atoms with Crippen LogP contribution < -0.4 is 20.3 Å². The van der Waals surface area contributed by atoms with Gasteiger partial charge in [0.15, 0.2) is 18.1 Å². The molecule has 0 radical (unpaired) electrons. The van der Waals surface area contributed by atoms with E-state index in [1.165, 1.54) is 36.2 Å². The lowest BCUT2D eigenvalue weighted by Gasteiger charge is -2.21. The summed E-state index contributed by atoms with van der Waals surface area (Å²) in [7, 11) is 1.47. The zero-order chi connectivity index (χ0) is 28.3. The van der Waals surface area contributed by atoms with Crippen LogP contribution in [0, 0.1) is 5.82 Å². The molecule has 0 saturated carbocycles. The smallest absolute Gasteiger partial charge is 0.282 e. The van der Waals surface area contributed by atoms with Crippen molar-refractivity contribution in [1.29, 1.82) is 0 Å². The molecule has 3 aromatic carbocycles. The van der Waals surface area contributed by atoms with E-state index in [0.717, 1.165) is 4.47 Å². The van der Waals surface area contributed by atoms with E-state index in [9.17, 15) is 14.0 Å². The molecule has 0 aliphatic rings. The Kier molecular flexibility index (Phi) is 8.51. The van der Waals surface area contributed by atoms with Crippen LogP contribution in [0.25, 0.3) is 10.9 Å². The Balaban J connectivity index is 1.72. The van der Waals surface area contributed by atoms with E-state index < -0.39 is 17.1 Å². The third kappa shape index (κ3) is 6.72. The van der Waals surface area contributed by atoms with E-state index in [1.54, 1.807) is 30.3 Å². The number of hydrogen-bond acceptors (Lipinski definition) is 6. The van der Waals surface area contributed by atoms with Gasteiger partial charge in [-0.25, -0.2) is 9.37 Å². The lowest BCUT2D eigenvalue weighted by atomic mass is 9.95. The van der Waals surface area contributed by atoms with E-state index in [1.807, 2.05) is 26.8 Å². The van der Waals surface area contributed by atoms with Crippen LogP contribution in [0.15, 0.2) is 73.4 Å². The summed E-state index contributed by atoms with van der Waals surface area (Å²) in [6.07, 6.45) is 1.45. The van der Waals surface area contributed by atoms with Crippen LogP contribution in [0.4, 0.5) is 10.1 Å². The number of rotatable bonds is 7. The zero-order valence-corrected chi connectivity index (χ0v) is 24.8. The third-order valence-electron chi connectivity index (χ3n) is 5.52. The molecule has 1 aromatic heterocycles. The number of amides is 1. The van der Waals surface area contributed by atoms with Crippen molar-refractivity contribution in [3.63, 3.8) is 0 Å². The molecular weight excluding hydrogens is 635 g/mol. The first kappa shape index (κ1) is 28.4. The van der Waals surface area contributed by atoms with Crippen LogP contribution in [0.5, 0.6) is 11.5 Å². The minimum absolute atomic E-state index is 0.237. The highest BCUT2D eigenvalue weighted by Gasteiger charge is 2.23. The molecule has 1 N–H and O–H groups in total. The van der Waals surface area contributed by atoms with Crippen molar-refractivity contribution < 1.29 is 18.7 Å². The molecule has 4 aromatic rings. The second kappa shape index (κ2) is 11.7. The number of benzene rings is 3. The maximum absolute atomic E-state index is 13.5. The molecule has 0 atom stereocenters. The Bertz CT molecular complexity index is 1650. The standard InChI is InChI=1S/C28H25Br2FN4O4/c1-28(2,3)27-34-22-9-8-17(29)11-21(22)26(37)35(27)32-14-16-10-18(30)12-23(38-4)25(16)39-15-24(36)33-20-7-5-6-19(31)13-20/h5-14H,15H2,1-4H3,(H,33,36). The van der Waals surface area contributed by atoms with E-state index in [4.69, 9.17) is 14.5 Å². The van der Waals surface area contributed by atoms with Gasteiger partial charge < -0.3 is 14.8 Å². The first-order chi connectivity index (χ1) is 18.5. The molecule has 202 valence electrons. The SMILES string of the molecule is COc1cc(Br)cc(C=Nn2c(C(C)(C)C)nc3ccc(Br)cc3c2=O)c1OCC(=O)Nc1cccc(F)c1. The molecule has 0 unspecified atom stereocenters. The first-order valence-electron chi connectivity index (χ1n) is 11.8. The second-order valence-corrected chi connectivity index (χ2v) is 11.4. The van der Waals surface area contributed by atoms with E-state index in [0.29, 0.717) is 38.2 Å². The molecule has 1 heterocycles. The highest BCUT2D eigenvalue weighted by atomic mass is 79.9. The van der Waals surface area contributed by atoms with Crippen molar-refractivity contribution in [3.05, 3.63) is 91.1 Å². The van der Waals surface area contributed by atoms with Crippen LogP contribution in [-0.4, -0.2) is 35.5 Å². The van der Waals surface area contributed by atoms with Gasteiger partial charge in [-0.1, -0.05) is 58.7 Å². The predicted molar refractivity (Wildman–Crippen MR) is 157 cm³/mol. The summed E-state index contributed by atoms with van der Waals surface area (Å²) >= 11 is 6.86. The van der Waals surface area contributed by atoms with Crippen LogP contribution in [0.1, 0.15) is 32.2 Å². The number of methoxy groups -OCH3 is 1. The topological polar surface area (TPSA) is 94.8 Å². The molecule has 0 fully saturated rings. The highest BCUT2D eigenvalue weighted by molar-refractivity contribution is 9.10. The van der Waals surface area contributed by atoms with Gasteiger partial charge in [-0.05, 0) is 48.5 Å². The predicted octanol–water partition coefficient (Wildman–Crippen LogP) is 6.27. The van der Waals surface area contributed by atoms with E-state index in [-0.39, 0.29) is 17.9 Å². The van der Waals surface area contributed by atoms with Crippen LogP contribution in [0.2, 0.25) is 0 Å². The average molecular weight is 660 g/mol. The zero-order valence-electron chi connectivity index (χ0n) is 21.6. The molecule has 39 heavy (non-hydrogen) atoms. The Morgan fingerprint density at radius 2 is 1.90 bits per heavy atom. The van der Waals surface area contributed by atoms with Gasteiger partial charge in [0.1, 0.15) is 11.6 Å². The molecule has 0 aliphatic carbocycles. The highest BCUT2D eigenvalue weighted by Crippen LogP contribution is 2.34. The van der Waals surface area contributed by atoms with Gasteiger partial charge in [-0.15, -0.1) is 0 Å². The molecule has 0 saturated heterocycles. The number of aromatic nitrogens is 2. The fraction of sp³-hybridized carbons (Fsp3) is 0.214. The number of nitrogens with zero attached hydrogens (tertiary/aromatic N) is 3. The summed E-state index contributed by atoms with van der Waals surface area (Å²) in [5, 5.41) is 7.50. The largest absolute Gasteiger partial charge is 0.493 e. The monoisotopic (exact) mass is 658 g/mol. The Labute approximate surface area is 241 Å². The van der Waals surface area contributed by atoms with Gasteiger partial charge in [0.2, 0.25) is 0 Å². The van der Waals surface area contributed by atoms with Gasteiger partial charge >= 0.3 is 0 Å². The van der Waals surface area contributed by atoms with E-state index in [2.05, 4.69) is 42.3 Å². The Morgan fingerprint density at radius 1 is 1.13 bits per heavy atom. The number of ether oxygens (including phenoxy) is 2. The van der Waals surface area contributed by atoms with Crippen molar-refractivity contribution >= 4 is 60.6 Å². The second-order valence-electron chi connectivity index (χ2n) is 9.58. The third-order valence-corrected chi connectivity index (χ3v) is 6.47. The van der Waals surface area contributed by atoms with Gasteiger partial charge in [-0.3, -0.25) is 9.59 Å². The summed E-state index contributed by atoms with van der Waals surface area (Å²) in [6, 6.07) is 14.3. The molecule has 11 heteroatoms. The molecular formula is C28H25Br2FN4O4. The fourth-order valence-corrected chi connectivity index (χ4v) is 4.57. The lowest BCUT2D eigenvalue weighted by Crippen LogP contribution is -2.29. The molecule has 0 bridgehead atoms. The fourth-order valence-electron chi connectivity index (χ4n) is 3.75. The van der Waals surface area contributed by atoms with Crippen molar-refractivity contribution in [3.8, 4) is 11.5 Å². The van der Waals surface area contributed by atoms with Gasteiger partial charge in [0.25, 0.3) is 11.5 Å². The van der Waals surface area contributed by atoms with Gasteiger partial charge in [-0.2, -0.15) is 9.78 Å². The molecule has 0 spiro atoms. The summed E-state index contributed by atoms with van der Waals surface area (Å²) in [5.74, 6) is 0.0812. The number of nitrogens with one attached hydrogen (secondary N) is 1. The summed E-state index contributed by atoms with van der Waals surface area (Å²) in [5.41, 5.74) is 0.484. The summed E-state index contributed by atoms with van der Waals surface area (Å²) in [6.45, 7) is 5.45. The minimum Gasteiger partial charge on any atom is -0.493 e. The quantitative estimate of drug-likeness (QED) is 0.236. The molecule has 8 nitrogen and oxygen atoms in total.